The molecular formula is C21H26N2O4S. The number of ether oxygens (including phenoxy) is 2. The second-order valence-corrected chi connectivity index (χ2v) is 8.33. The number of hydrogen-bond acceptors (Lipinski definition) is 6. The fraction of sp³-hybridized carbons (Fsp3) is 0.476. The number of benzene rings is 1. The van der Waals surface area contributed by atoms with Crippen LogP contribution in [0.3, 0.4) is 0 Å². The number of rotatable bonds is 7. The fourth-order valence-electron chi connectivity index (χ4n) is 3.21. The lowest BCUT2D eigenvalue weighted by Gasteiger charge is -2.26. The Morgan fingerprint density at radius 3 is 2.54 bits per heavy atom. The first-order valence-corrected chi connectivity index (χ1v) is 10.5. The van der Waals surface area contributed by atoms with Crippen molar-refractivity contribution >= 4 is 23.2 Å². The zero-order valence-corrected chi connectivity index (χ0v) is 17.1. The second-order valence-electron chi connectivity index (χ2n) is 7.27. The van der Waals surface area contributed by atoms with Crippen LogP contribution < -0.4 is 10.1 Å². The van der Waals surface area contributed by atoms with Crippen molar-refractivity contribution in [3.63, 3.8) is 0 Å². The van der Waals surface area contributed by atoms with Crippen LogP contribution in [0, 0.1) is 12.8 Å². The van der Waals surface area contributed by atoms with Gasteiger partial charge in [-0.2, -0.15) is 0 Å². The maximum absolute atomic E-state index is 12.1. The molecule has 0 radical (unpaired) electrons. The number of aryl methyl sites for hydroxylation is 1. The van der Waals surface area contributed by atoms with Gasteiger partial charge < -0.3 is 14.8 Å². The largest absolute Gasteiger partial charge is 0.487 e. The lowest BCUT2D eigenvalue weighted by atomic mass is 9.87. The number of esters is 1. The molecule has 1 N–H and O–H groups in total. The van der Waals surface area contributed by atoms with E-state index in [1.165, 1.54) is 0 Å². The molecule has 28 heavy (non-hydrogen) atoms. The van der Waals surface area contributed by atoms with Crippen molar-refractivity contribution in [3.05, 3.63) is 45.9 Å². The van der Waals surface area contributed by atoms with Gasteiger partial charge in [0.05, 0.1) is 16.3 Å². The third-order valence-electron chi connectivity index (χ3n) is 4.86. The van der Waals surface area contributed by atoms with Crippen LogP contribution in [-0.4, -0.2) is 29.5 Å². The van der Waals surface area contributed by atoms with Crippen molar-refractivity contribution in [2.24, 2.45) is 5.92 Å². The molecule has 1 aromatic heterocycles. The number of nitrogens with one attached hydrogen (secondary N) is 1. The number of carbonyl (C=O) groups is 2. The first-order valence-electron chi connectivity index (χ1n) is 9.60. The predicted octanol–water partition coefficient (Wildman–Crippen LogP) is 3.88. The van der Waals surface area contributed by atoms with Gasteiger partial charge in [0, 0.05) is 11.4 Å². The molecule has 1 saturated carbocycles. The van der Waals surface area contributed by atoms with Gasteiger partial charge in [0.1, 0.15) is 12.4 Å². The average Bonchev–Trinajstić information content (AvgIpc) is 3.12. The van der Waals surface area contributed by atoms with E-state index >= 15 is 0 Å². The van der Waals surface area contributed by atoms with Crippen molar-refractivity contribution in [3.8, 4) is 5.75 Å². The van der Waals surface area contributed by atoms with E-state index in [2.05, 4.69) is 17.2 Å². The molecule has 1 aliphatic rings. The third kappa shape index (κ3) is 6.05. The molecule has 0 spiro atoms. The summed E-state index contributed by atoms with van der Waals surface area (Å²) in [7, 11) is 0. The van der Waals surface area contributed by atoms with E-state index in [0.29, 0.717) is 17.9 Å². The fourth-order valence-corrected chi connectivity index (χ4v) is 3.80. The number of nitrogens with zero attached hydrogens (tertiary/aromatic N) is 1. The van der Waals surface area contributed by atoms with E-state index in [9.17, 15) is 9.59 Å². The molecule has 3 rings (SSSR count). The van der Waals surface area contributed by atoms with Gasteiger partial charge >= 0.3 is 5.97 Å². The predicted molar refractivity (Wildman–Crippen MR) is 107 cm³/mol. The Morgan fingerprint density at radius 2 is 1.89 bits per heavy atom. The Morgan fingerprint density at radius 1 is 1.18 bits per heavy atom. The van der Waals surface area contributed by atoms with Gasteiger partial charge in [0.2, 0.25) is 0 Å². The maximum Gasteiger partial charge on any atom is 0.338 e. The minimum absolute atomic E-state index is 0.195. The molecule has 2 aromatic rings. The van der Waals surface area contributed by atoms with Crippen LogP contribution in [0.4, 0.5) is 0 Å². The van der Waals surface area contributed by atoms with Crippen LogP contribution >= 0.6 is 11.3 Å². The molecule has 0 bridgehead atoms. The second kappa shape index (κ2) is 9.68. The van der Waals surface area contributed by atoms with Gasteiger partial charge in [-0.1, -0.05) is 6.92 Å². The highest BCUT2D eigenvalue weighted by molar-refractivity contribution is 7.09. The standard InChI is InChI=1S/C21H26N2O4S/c1-14-3-7-17(8-4-14)23-20(24)12-27-21(25)16-5-9-19(10-6-16)26-11-18-13-28-15(2)22-18/h5-6,9-10,13-14,17H,3-4,7-8,11-12H2,1-2H3,(H,23,24). The molecule has 1 aromatic carbocycles. The van der Waals surface area contributed by atoms with Crippen molar-refractivity contribution in [1.29, 1.82) is 0 Å². The molecule has 0 aliphatic heterocycles. The number of aromatic nitrogens is 1. The molecule has 150 valence electrons. The van der Waals surface area contributed by atoms with E-state index in [1.807, 2.05) is 12.3 Å². The first kappa shape index (κ1) is 20.3. The minimum atomic E-state index is -0.519. The molecular weight excluding hydrogens is 376 g/mol. The molecule has 1 fully saturated rings. The van der Waals surface area contributed by atoms with Crippen molar-refractivity contribution in [2.75, 3.05) is 6.61 Å². The lowest BCUT2D eigenvalue weighted by Crippen LogP contribution is -2.39. The van der Waals surface area contributed by atoms with Crippen LogP contribution in [-0.2, 0) is 16.1 Å². The lowest BCUT2D eigenvalue weighted by molar-refractivity contribution is -0.125. The number of thiazole rings is 1. The molecule has 0 unspecified atom stereocenters. The molecule has 6 nitrogen and oxygen atoms in total. The number of amides is 1. The summed E-state index contributed by atoms with van der Waals surface area (Å²) in [5.41, 5.74) is 1.26. The summed E-state index contributed by atoms with van der Waals surface area (Å²) in [6, 6.07) is 6.87. The summed E-state index contributed by atoms with van der Waals surface area (Å²) >= 11 is 1.58. The highest BCUT2D eigenvalue weighted by Crippen LogP contribution is 2.23. The Labute approximate surface area is 169 Å². The van der Waals surface area contributed by atoms with E-state index in [0.717, 1.165) is 42.3 Å². The van der Waals surface area contributed by atoms with E-state index < -0.39 is 5.97 Å². The quantitative estimate of drug-likeness (QED) is 0.711. The van der Waals surface area contributed by atoms with Crippen molar-refractivity contribution in [2.45, 2.75) is 52.2 Å². The van der Waals surface area contributed by atoms with Gasteiger partial charge in [-0.25, -0.2) is 9.78 Å². The van der Waals surface area contributed by atoms with Crippen LogP contribution in [0.1, 0.15) is 53.7 Å². The van der Waals surface area contributed by atoms with Crippen LogP contribution in [0.5, 0.6) is 5.75 Å². The van der Waals surface area contributed by atoms with Gasteiger partial charge in [-0.3, -0.25) is 4.79 Å². The number of carbonyl (C=O) groups excluding carboxylic acids is 2. The molecule has 1 heterocycles. The van der Waals surface area contributed by atoms with Crippen molar-refractivity contribution < 1.29 is 19.1 Å². The smallest absolute Gasteiger partial charge is 0.338 e. The van der Waals surface area contributed by atoms with Crippen LogP contribution in [0.15, 0.2) is 29.6 Å². The Hall–Kier alpha value is -2.41. The van der Waals surface area contributed by atoms with Crippen LogP contribution in [0.2, 0.25) is 0 Å². The maximum atomic E-state index is 12.1. The Bertz CT molecular complexity index is 795. The monoisotopic (exact) mass is 402 g/mol. The highest BCUT2D eigenvalue weighted by atomic mass is 32.1. The Balaban J connectivity index is 1.40. The zero-order valence-electron chi connectivity index (χ0n) is 16.3. The zero-order chi connectivity index (χ0) is 19.9. The molecule has 7 heteroatoms. The van der Waals surface area contributed by atoms with Crippen molar-refractivity contribution in [1.82, 2.24) is 10.3 Å². The van der Waals surface area contributed by atoms with Gasteiger partial charge in [-0.05, 0) is 62.8 Å². The molecule has 0 saturated heterocycles. The summed E-state index contributed by atoms with van der Waals surface area (Å²) in [6.07, 6.45) is 4.23. The highest BCUT2D eigenvalue weighted by Gasteiger charge is 2.20. The molecule has 1 aliphatic carbocycles. The summed E-state index contributed by atoms with van der Waals surface area (Å²) in [5.74, 6) is 0.607. The van der Waals surface area contributed by atoms with Gasteiger partial charge in [0.15, 0.2) is 6.61 Å². The molecule has 1 amide bonds. The van der Waals surface area contributed by atoms with E-state index in [4.69, 9.17) is 9.47 Å². The average molecular weight is 403 g/mol. The summed E-state index contributed by atoms with van der Waals surface area (Å²) < 4.78 is 10.8. The van der Waals surface area contributed by atoms with E-state index in [1.54, 1.807) is 35.6 Å². The topological polar surface area (TPSA) is 77.5 Å². The van der Waals surface area contributed by atoms with Crippen LogP contribution in [0.25, 0.3) is 0 Å². The SMILES string of the molecule is Cc1nc(COc2ccc(C(=O)OCC(=O)NC3CCC(C)CC3)cc2)cs1. The third-order valence-corrected chi connectivity index (χ3v) is 5.68. The minimum Gasteiger partial charge on any atom is -0.487 e. The summed E-state index contributed by atoms with van der Waals surface area (Å²) in [5, 5.41) is 5.91. The van der Waals surface area contributed by atoms with Gasteiger partial charge in [-0.15, -0.1) is 11.3 Å². The van der Waals surface area contributed by atoms with Gasteiger partial charge in [0.25, 0.3) is 5.91 Å². The van der Waals surface area contributed by atoms with E-state index in [-0.39, 0.29) is 18.6 Å². The number of hydrogen-bond donors (Lipinski definition) is 1. The summed E-state index contributed by atoms with van der Waals surface area (Å²) in [6.45, 7) is 4.31. The normalized spacial score (nSPS) is 19.1. The first-order chi connectivity index (χ1) is 13.5. The summed E-state index contributed by atoms with van der Waals surface area (Å²) in [4.78, 5) is 28.5. The Kier molecular flexibility index (Phi) is 7.03. The molecule has 0 atom stereocenters.